The Balaban J connectivity index is 1.17. The highest BCUT2D eigenvalue weighted by Gasteiger charge is 2.69. The van der Waals surface area contributed by atoms with Crippen molar-refractivity contribution >= 4 is 58.1 Å². The number of thioether (sulfide) groups is 1. The van der Waals surface area contributed by atoms with Crippen LogP contribution in [0.25, 0.3) is 0 Å². The number of imide groups is 1. The lowest BCUT2D eigenvalue weighted by Gasteiger charge is -2.43. The first-order valence-electron chi connectivity index (χ1n) is 12.8. The van der Waals surface area contributed by atoms with Gasteiger partial charge >= 0.3 is 4.87 Å². The van der Waals surface area contributed by atoms with E-state index in [1.807, 2.05) is 24.3 Å². The molecule has 2 saturated carbocycles. The van der Waals surface area contributed by atoms with Gasteiger partial charge in [0, 0.05) is 26.8 Å². The molecule has 0 spiro atoms. The van der Waals surface area contributed by atoms with Gasteiger partial charge in [-0.3, -0.25) is 24.1 Å². The van der Waals surface area contributed by atoms with E-state index in [0.717, 1.165) is 26.8 Å². The lowest BCUT2D eigenvalue weighted by molar-refractivity contribution is -0.143. The quantitative estimate of drug-likeness (QED) is 0.437. The second kappa shape index (κ2) is 9.25. The second-order valence-electron chi connectivity index (χ2n) is 10.6. The number of aromatic amines is 1. The summed E-state index contributed by atoms with van der Waals surface area (Å²) in [6.45, 7) is -0.306. The van der Waals surface area contributed by atoms with Gasteiger partial charge in [0.25, 0.3) is 0 Å². The molecule has 11 heteroatoms. The number of carbonyl (C=O) groups is 3. The van der Waals surface area contributed by atoms with Crippen LogP contribution in [-0.4, -0.2) is 46.5 Å². The van der Waals surface area contributed by atoms with E-state index in [2.05, 4.69) is 10.3 Å². The fourth-order valence-electron chi connectivity index (χ4n) is 7.30. The molecule has 3 amide bonds. The molecule has 2 bridgehead atoms. The molecule has 3 aromatic rings. The molecule has 4 aliphatic rings. The number of methoxy groups -OCH3 is 1. The van der Waals surface area contributed by atoms with Gasteiger partial charge in [0.1, 0.15) is 12.3 Å². The third kappa shape index (κ3) is 3.87. The van der Waals surface area contributed by atoms with Gasteiger partial charge in [-0.25, -0.2) is 0 Å². The molecule has 2 aliphatic heterocycles. The maximum absolute atomic E-state index is 13.7. The highest BCUT2D eigenvalue weighted by molar-refractivity contribution is 8.00. The lowest BCUT2D eigenvalue weighted by Crippen LogP contribution is -2.42. The summed E-state index contributed by atoms with van der Waals surface area (Å²) in [6, 6.07) is 14.6. The third-order valence-electron chi connectivity index (χ3n) is 8.72. The van der Waals surface area contributed by atoms with Crippen molar-refractivity contribution in [3.63, 3.8) is 0 Å². The van der Waals surface area contributed by atoms with Crippen LogP contribution in [0.15, 0.2) is 58.4 Å². The van der Waals surface area contributed by atoms with Gasteiger partial charge in [-0.15, -0.1) is 11.8 Å². The van der Waals surface area contributed by atoms with Crippen molar-refractivity contribution < 1.29 is 19.1 Å². The summed E-state index contributed by atoms with van der Waals surface area (Å²) in [4.78, 5) is 57.6. The minimum atomic E-state index is -0.440. The normalized spacial score (nSPS) is 30.2. The molecule has 0 radical (unpaired) electrons. The first-order valence-corrected chi connectivity index (χ1v) is 14.9. The average Bonchev–Trinajstić information content (AvgIpc) is 3.66. The van der Waals surface area contributed by atoms with Gasteiger partial charge < -0.3 is 15.0 Å². The Labute approximate surface area is 237 Å². The predicted molar refractivity (Wildman–Crippen MR) is 148 cm³/mol. The summed E-state index contributed by atoms with van der Waals surface area (Å²) in [5.41, 5.74) is 1.62. The predicted octanol–water partition coefficient (Wildman–Crippen LogP) is 4.21. The summed E-state index contributed by atoms with van der Waals surface area (Å²) >= 11 is 9.04. The third-order valence-corrected chi connectivity index (χ3v) is 11.6. The minimum Gasteiger partial charge on any atom is -0.497 e. The van der Waals surface area contributed by atoms with Crippen molar-refractivity contribution in [2.45, 2.75) is 22.6 Å². The number of benzene rings is 2. The van der Waals surface area contributed by atoms with Gasteiger partial charge in [0.2, 0.25) is 17.7 Å². The maximum Gasteiger partial charge on any atom is 0.305 e. The molecule has 1 aromatic heterocycles. The zero-order valence-corrected chi connectivity index (χ0v) is 23.1. The van der Waals surface area contributed by atoms with Crippen LogP contribution in [0.4, 0.5) is 5.69 Å². The number of fused-ring (bicyclic) bond motifs is 9. The molecule has 2 N–H and O–H groups in total. The topological polar surface area (TPSA) is 109 Å². The van der Waals surface area contributed by atoms with Crippen molar-refractivity contribution in [1.29, 1.82) is 0 Å². The van der Waals surface area contributed by atoms with Gasteiger partial charge in [-0.2, -0.15) is 0 Å². The van der Waals surface area contributed by atoms with Crippen molar-refractivity contribution in [3.05, 3.63) is 73.7 Å². The number of hydrogen-bond donors (Lipinski definition) is 2. The number of nitrogens with one attached hydrogen (secondary N) is 2. The smallest absolute Gasteiger partial charge is 0.305 e. The number of thiazole rings is 1. The largest absolute Gasteiger partial charge is 0.497 e. The lowest BCUT2D eigenvalue weighted by atomic mass is 9.68. The molecule has 7 rings (SSSR count). The molecule has 7 atom stereocenters. The summed E-state index contributed by atoms with van der Waals surface area (Å²) in [7, 11) is 1.56. The number of hydrogen-bond acceptors (Lipinski definition) is 7. The van der Waals surface area contributed by atoms with Gasteiger partial charge in [0.15, 0.2) is 0 Å². The fourth-order valence-corrected chi connectivity index (χ4v) is 10.3. The number of amides is 3. The van der Waals surface area contributed by atoms with E-state index in [1.165, 1.54) is 11.3 Å². The zero-order chi connectivity index (χ0) is 27.0. The van der Waals surface area contributed by atoms with Gasteiger partial charge in [-0.1, -0.05) is 35.1 Å². The van der Waals surface area contributed by atoms with Crippen LogP contribution in [0.1, 0.15) is 22.8 Å². The van der Waals surface area contributed by atoms with Crippen molar-refractivity contribution in [2.75, 3.05) is 19.0 Å². The molecule has 2 aromatic carbocycles. The van der Waals surface area contributed by atoms with E-state index in [-0.39, 0.29) is 52.2 Å². The summed E-state index contributed by atoms with van der Waals surface area (Å²) in [6.07, 6.45) is 0.796. The first-order chi connectivity index (χ1) is 18.8. The number of halogens is 1. The highest BCUT2D eigenvalue weighted by atomic mass is 35.5. The van der Waals surface area contributed by atoms with Crippen LogP contribution in [0.5, 0.6) is 5.75 Å². The Kier molecular flexibility index (Phi) is 5.91. The molecule has 39 heavy (non-hydrogen) atoms. The van der Waals surface area contributed by atoms with Crippen LogP contribution in [0.3, 0.4) is 0 Å². The second-order valence-corrected chi connectivity index (χ2v) is 13.2. The monoisotopic (exact) mass is 581 g/mol. The van der Waals surface area contributed by atoms with E-state index < -0.39 is 17.7 Å². The number of aromatic nitrogens is 1. The standard InChI is InChI=1S/C28H24ClN3O5S2/c1-37-15-8-6-14(7-9-15)30-18(33)11-32-26(34)21-16-10-17(22(21)27(32)35)23-20(16)19(12-2-4-13(29)5-3-12)24-25(38-23)31-28(36)39-24/h2-9,16-17,19-23H,10-11H2,1H3,(H,30,33)(H,31,36)/t16?,17?,19-,20?,21?,22?,23?/m1/s1. The van der Waals surface area contributed by atoms with E-state index in [4.69, 9.17) is 16.3 Å². The maximum atomic E-state index is 13.7. The molecule has 6 unspecified atom stereocenters. The Morgan fingerprint density at radius 1 is 1.05 bits per heavy atom. The summed E-state index contributed by atoms with van der Waals surface area (Å²) < 4.78 is 5.15. The molecule has 200 valence electrons. The number of nitrogens with zero attached hydrogens (tertiary/aromatic N) is 1. The molecular formula is C28H24ClN3O5S2. The fraction of sp³-hybridized carbons (Fsp3) is 0.357. The molecule has 1 saturated heterocycles. The van der Waals surface area contributed by atoms with Crippen molar-refractivity contribution in [2.24, 2.45) is 29.6 Å². The molecule has 2 aliphatic carbocycles. The number of likely N-dealkylation sites (tertiary alicyclic amines) is 1. The van der Waals surface area contributed by atoms with Crippen molar-refractivity contribution in [1.82, 2.24) is 9.88 Å². The number of ether oxygens (including phenoxy) is 1. The van der Waals surface area contributed by atoms with E-state index in [0.29, 0.717) is 16.5 Å². The SMILES string of the molecule is COc1ccc(NC(=O)CN2C(=O)C3C4CC(C3C2=O)C2C4Sc3[nH]c(=O)sc3[C@@H]2c2ccc(Cl)cc2)cc1. The van der Waals surface area contributed by atoms with Gasteiger partial charge in [-0.05, 0) is 66.1 Å². The van der Waals surface area contributed by atoms with Crippen LogP contribution in [-0.2, 0) is 14.4 Å². The number of anilines is 1. The Morgan fingerprint density at radius 2 is 1.74 bits per heavy atom. The number of H-pyrrole nitrogens is 1. The molecule has 8 nitrogen and oxygen atoms in total. The molecule has 3 fully saturated rings. The zero-order valence-electron chi connectivity index (χ0n) is 20.8. The summed E-state index contributed by atoms with van der Waals surface area (Å²) in [5, 5.41) is 4.37. The van der Waals surface area contributed by atoms with E-state index in [1.54, 1.807) is 43.1 Å². The Morgan fingerprint density at radius 3 is 2.44 bits per heavy atom. The first kappa shape index (κ1) is 24.9. The summed E-state index contributed by atoms with van der Waals surface area (Å²) in [5.74, 6) is -1.08. The van der Waals surface area contributed by atoms with Crippen molar-refractivity contribution in [3.8, 4) is 5.75 Å². The average molecular weight is 582 g/mol. The molecular weight excluding hydrogens is 558 g/mol. The number of carbonyl (C=O) groups excluding carboxylic acids is 3. The van der Waals surface area contributed by atoms with Crippen LogP contribution in [0.2, 0.25) is 5.02 Å². The Hall–Kier alpha value is -3.08. The van der Waals surface area contributed by atoms with E-state index in [9.17, 15) is 19.2 Å². The number of rotatable bonds is 5. The molecule has 3 heterocycles. The van der Waals surface area contributed by atoms with Crippen LogP contribution < -0.4 is 14.9 Å². The van der Waals surface area contributed by atoms with Gasteiger partial charge in [0.05, 0.1) is 24.0 Å². The Bertz CT molecular complexity index is 1550. The van der Waals surface area contributed by atoms with Crippen LogP contribution >= 0.6 is 34.7 Å². The van der Waals surface area contributed by atoms with Crippen LogP contribution in [0, 0.1) is 29.6 Å². The minimum absolute atomic E-state index is 0.00497. The highest BCUT2D eigenvalue weighted by Crippen LogP contribution is 2.68. The van der Waals surface area contributed by atoms with E-state index >= 15 is 0 Å².